The fourth-order valence-electron chi connectivity index (χ4n) is 2.61. The Morgan fingerprint density at radius 1 is 1.26 bits per heavy atom. The summed E-state index contributed by atoms with van der Waals surface area (Å²) in [6.45, 7) is 0.428. The second-order valence-corrected chi connectivity index (χ2v) is 5.89. The monoisotopic (exact) mass is 258 g/mol. The number of carbonyl (C=O) groups excluding carboxylic acids is 1. The zero-order chi connectivity index (χ0) is 13.2. The molecule has 3 heteroatoms. The summed E-state index contributed by atoms with van der Waals surface area (Å²) in [5, 5.41) is 3.07. The lowest BCUT2D eigenvalue weighted by atomic mass is 9.93. The number of hydrogen-bond donors (Lipinski definition) is 2. The molecule has 2 fully saturated rings. The lowest BCUT2D eigenvalue weighted by Gasteiger charge is -2.17. The number of hydrogen-bond acceptors (Lipinski definition) is 2. The van der Waals surface area contributed by atoms with Crippen LogP contribution in [0.2, 0.25) is 0 Å². The number of nitrogens with one attached hydrogen (secondary N) is 1. The van der Waals surface area contributed by atoms with E-state index in [2.05, 4.69) is 29.6 Å². The minimum absolute atomic E-state index is 0.0829. The molecule has 0 aromatic heterocycles. The topological polar surface area (TPSA) is 55.1 Å². The van der Waals surface area contributed by atoms with Crippen LogP contribution < -0.4 is 11.1 Å². The normalized spacial score (nSPS) is 20.1. The third kappa shape index (κ3) is 3.16. The van der Waals surface area contributed by atoms with Gasteiger partial charge in [-0.1, -0.05) is 24.3 Å². The highest BCUT2D eigenvalue weighted by Crippen LogP contribution is 2.42. The van der Waals surface area contributed by atoms with Gasteiger partial charge in [-0.15, -0.1) is 0 Å². The largest absolute Gasteiger partial charge is 0.353 e. The van der Waals surface area contributed by atoms with Crippen LogP contribution in [-0.4, -0.2) is 18.5 Å². The van der Waals surface area contributed by atoms with Gasteiger partial charge in [0.1, 0.15) is 0 Å². The van der Waals surface area contributed by atoms with Gasteiger partial charge in [0.25, 0.3) is 0 Å². The molecule has 0 radical (unpaired) electrons. The Morgan fingerprint density at radius 2 is 2.00 bits per heavy atom. The van der Waals surface area contributed by atoms with E-state index in [9.17, 15) is 4.79 Å². The van der Waals surface area contributed by atoms with E-state index in [0.717, 1.165) is 25.2 Å². The number of rotatable bonds is 6. The molecule has 3 N–H and O–H groups in total. The minimum atomic E-state index is -0.0829. The molecule has 19 heavy (non-hydrogen) atoms. The molecule has 1 unspecified atom stereocenters. The Balaban J connectivity index is 1.69. The van der Waals surface area contributed by atoms with E-state index in [1.54, 1.807) is 0 Å². The summed E-state index contributed by atoms with van der Waals surface area (Å²) in [5.41, 5.74) is 8.54. The van der Waals surface area contributed by atoms with Gasteiger partial charge < -0.3 is 11.1 Å². The van der Waals surface area contributed by atoms with Crippen LogP contribution in [0.15, 0.2) is 24.3 Å². The van der Waals surface area contributed by atoms with Crippen molar-refractivity contribution in [2.75, 3.05) is 6.54 Å². The lowest BCUT2D eigenvalue weighted by Crippen LogP contribution is -2.37. The maximum absolute atomic E-state index is 12.1. The van der Waals surface area contributed by atoms with Gasteiger partial charge >= 0.3 is 0 Å². The van der Waals surface area contributed by atoms with Crippen molar-refractivity contribution >= 4 is 5.91 Å². The molecule has 0 spiro atoms. The minimum Gasteiger partial charge on any atom is -0.353 e. The van der Waals surface area contributed by atoms with Gasteiger partial charge in [-0.05, 0) is 49.1 Å². The van der Waals surface area contributed by atoms with E-state index in [4.69, 9.17) is 5.73 Å². The third-order valence-electron chi connectivity index (χ3n) is 4.12. The first-order chi connectivity index (χ1) is 9.28. The highest BCUT2D eigenvalue weighted by atomic mass is 16.2. The first-order valence-electron chi connectivity index (χ1n) is 7.36. The SMILES string of the molecule is NCC(Cc1ccccc1C1CC1)C(=O)NC1CC1. The van der Waals surface area contributed by atoms with E-state index >= 15 is 0 Å². The Morgan fingerprint density at radius 3 is 2.63 bits per heavy atom. The Bertz CT molecular complexity index is 464. The molecule has 0 bridgehead atoms. The van der Waals surface area contributed by atoms with Gasteiger partial charge in [0.2, 0.25) is 5.91 Å². The first-order valence-corrected chi connectivity index (χ1v) is 7.36. The Hall–Kier alpha value is -1.35. The molecule has 3 rings (SSSR count). The van der Waals surface area contributed by atoms with Gasteiger partial charge in [-0.25, -0.2) is 0 Å². The molecule has 2 aliphatic carbocycles. The second kappa shape index (κ2) is 5.33. The smallest absolute Gasteiger partial charge is 0.224 e. The predicted octanol–water partition coefficient (Wildman–Crippen LogP) is 1.96. The molecule has 0 aliphatic heterocycles. The molecular formula is C16H22N2O. The maximum atomic E-state index is 12.1. The van der Waals surface area contributed by atoms with Gasteiger partial charge in [-0.2, -0.15) is 0 Å². The molecule has 1 atom stereocenters. The Labute approximate surface area is 114 Å². The molecule has 3 nitrogen and oxygen atoms in total. The summed E-state index contributed by atoms with van der Waals surface area (Å²) in [5.74, 6) is 0.775. The fourth-order valence-corrected chi connectivity index (χ4v) is 2.61. The van der Waals surface area contributed by atoms with Crippen LogP contribution >= 0.6 is 0 Å². The van der Waals surface area contributed by atoms with Crippen molar-refractivity contribution in [3.05, 3.63) is 35.4 Å². The molecule has 1 amide bonds. The van der Waals surface area contributed by atoms with Crippen molar-refractivity contribution < 1.29 is 4.79 Å². The van der Waals surface area contributed by atoms with Gasteiger partial charge in [0, 0.05) is 12.6 Å². The summed E-state index contributed by atoms with van der Waals surface area (Å²) in [4.78, 5) is 12.1. The summed E-state index contributed by atoms with van der Waals surface area (Å²) >= 11 is 0. The van der Waals surface area contributed by atoms with E-state index in [1.165, 1.54) is 24.0 Å². The van der Waals surface area contributed by atoms with Crippen LogP contribution in [-0.2, 0) is 11.2 Å². The highest BCUT2D eigenvalue weighted by Gasteiger charge is 2.29. The van der Waals surface area contributed by atoms with Crippen molar-refractivity contribution in [2.45, 2.75) is 44.1 Å². The molecule has 0 heterocycles. The Kier molecular flexibility index (Phi) is 3.56. The number of nitrogens with two attached hydrogens (primary N) is 1. The van der Waals surface area contributed by atoms with Crippen molar-refractivity contribution in [3.8, 4) is 0 Å². The summed E-state index contributed by atoms with van der Waals surface area (Å²) in [6, 6.07) is 8.94. The molecule has 2 aliphatic rings. The standard InChI is InChI=1S/C16H22N2O/c17-10-13(16(19)18-14-7-8-14)9-12-3-1-2-4-15(12)11-5-6-11/h1-4,11,13-14H,5-10,17H2,(H,18,19). The van der Waals surface area contributed by atoms with E-state index in [-0.39, 0.29) is 11.8 Å². The number of benzene rings is 1. The van der Waals surface area contributed by atoms with Crippen LogP contribution in [0.4, 0.5) is 0 Å². The van der Waals surface area contributed by atoms with Gasteiger partial charge in [0.05, 0.1) is 5.92 Å². The molecule has 1 aromatic carbocycles. The second-order valence-electron chi connectivity index (χ2n) is 5.89. The van der Waals surface area contributed by atoms with Crippen molar-refractivity contribution in [2.24, 2.45) is 11.7 Å². The molecule has 1 aromatic rings. The van der Waals surface area contributed by atoms with E-state index < -0.39 is 0 Å². The van der Waals surface area contributed by atoms with Gasteiger partial charge in [0.15, 0.2) is 0 Å². The van der Waals surface area contributed by atoms with E-state index in [0.29, 0.717) is 12.6 Å². The zero-order valence-corrected chi connectivity index (χ0v) is 11.3. The van der Waals surface area contributed by atoms with Gasteiger partial charge in [-0.3, -0.25) is 4.79 Å². The molecule has 0 saturated heterocycles. The van der Waals surface area contributed by atoms with Crippen LogP contribution in [0, 0.1) is 5.92 Å². The third-order valence-corrected chi connectivity index (χ3v) is 4.12. The van der Waals surface area contributed by atoms with Crippen molar-refractivity contribution in [1.29, 1.82) is 0 Å². The quantitative estimate of drug-likeness (QED) is 0.819. The highest BCUT2D eigenvalue weighted by molar-refractivity contribution is 5.79. The zero-order valence-electron chi connectivity index (χ0n) is 11.3. The van der Waals surface area contributed by atoms with Crippen molar-refractivity contribution in [1.82, 2.24) is 5.32 Å². The maximum Gasteiger partial charge on any atom is 0.224 e. The van der Waals surface area contributed by atoms with Crippen molar-refractivity contribution in [3.63, 3.8) is 0 Å². The van der Waals surface area contributed by atoms with Crippen LogP contribution in [0.3, 0.4) is 0 Å². The predicted molar refractivity (Wildman–Crippen MR) is 75.8 cm³/mol. The average molecular weight is 258 g/mol. The molecular weight excluding hydrogens is 236 g/mol. The lowest BCUT2D eigenvalue weighted by molar-refractivity contribution is -0.124. The first kappa shape index (κ1) is 12.7. The average Bonchev–Trinajstić information content (AvgIpc) is 3.28. The van der Waals surface area contributed by atoms with E-state index in [1.807, 2.05) is 0 Å². The summed E-state index contributed by atoms with van der Waals surface area (Å²) < 4.78 is 0. The van der Waals surface area contributed by atoms with Crippen LogP contribution in [0.1, 0.15) is 42.7 Å². The van der Waals surface area contributed by atoms with Crippen LogP contribution in [0.25, 0.3) is 0 Å². The fraction of sp³-hybridized carbons (Fsp3) is 0.562. The summed E-state index contributed by atoms with van der Waals surface area (Å²) in [7, 11) is 0. The number of carbonyl (C=O) groups is 1. The molecule has 2 saturated carbocycles. The van der Waals surface area contributed by atoms with Crippen LogP contribution in [0.5, 0.6) is 0 Å². The molecule has 102 valence electrons. The summed E-state index contributed by atoms with van der Waals surface area (Å²) in [6.07, 6.45) is 5.61. The number of amides is 1.